The van der Waals surface area contributed by atoms with E-state index in [2.05, 4.69) is 20.8 Å². The predicted molar refractivity (Wildman–Crippen MR) is 82.8 cm³/mol. The molecule has 0 radical (unpaired) electrons. The van der Waals surface area contributed by atoms with Gasteiger partial charge < -0.3 is 5.32 Å². The maximum atomic E-state index is 12.6. The Morgan fingerprint density at radius 3 is 2.48 bits per heavy atom. The molecule has 2 aromatic carbocycles. The van der Waals surface area contributed by atoms with E-state index < -0.39 is 0 Å². The van der Waals surface area contributed by atoms with Gasteiger partial charge in [0.05, 0.1) is 5.69 Å². The Balaban J connectivity index is 1.81. The molecule has 7 heteroatoms. The molecule has 0 aliphatic carbocycles. The molecule has 0 saturated heterocycles. The van der Waals surface area contributed by atoms with E-state index >= 15 is 0 Å². The Morgan fingerprint density at radius 2 is 1.74 bits per heavy atom. The molecule has 1 N–H and O–H groups in total. The second-order valence-corrected chi connectivity index (χ2v) is 4.80. The third-order valence-electron chi connectivity index (χ3n) is 3.18. The molecule has 1 aromatic heterocycles. The van der Waals surface area contributed by atoms with Crippen LogP contribution in [0.15, 0.2) is 60.9 Å². The summed E-state index contributed by atoms with van der Waals surface area (Å²) in [6.07, 6.45) is 1.35. The van der Waals surface area contributed by atoms with E-state index in [9.17, 15) is 9.59 Å². The quantitative estimate of drug-likeness (QED) is 0.722. The highest BCUT2D eigenvalue weighted by Gasteiger charge is 2.15. The Kier molecular flexibility index (Phi) is 4.19. The molecule has 23 heavy (non-hydrogen) atoms. The lowest BCUT2D eigenvalue weighted by atomic mass is 10.0. The van der Waals surface area contributed by atoms with E-state index in [1.807, 2.05) is 6.07 Å². The number of hydrogen-bond acceptors (Lipinski definition) is 5. The fraction of sp³-hybridized carbons (Fsp3) is 0.0625. The number of anilines is 1. The number of nitrogens with one attached hydrogen (secondary N) is 1. The molecule has 0 aliphatic rings. The van der Waals surface area contributed by atoms with Crippen molar-refractivity contribution in [2.24, 2.45) is 0 Å². The van der Waals surface area contributed by atoms with Crippen molar-refractivity contribution < 1.29 is 9.59 Å². The largest absolute Gasteiger partial charge is 0.324 e. The van der Waals surface area contributed by atoms with Crippen molar-refractivity contribution in [2.45, 2.75) is 6.54 Å². The first-order chi connectivity index (χ1) is 11.2. The Morgan fingerprint density at radius 1 is 1.00 bits per heavy atom. The van der Waals surface area contributed by atoms with Crippen molar-refractivity contribution in [3.8, 4) is 0 Å². The number of ketones is 1. The number of rotatable bonds is 5. The van der Waals surface area contributed by atoms with Gasteiger partial charge in [0, 0.05) is 11.1 Å². The van der Waals surface area contributed by atoms with Crippen LogP contribution in [-0.4, -0.2) is 31.9 Å². The molecule has 114 valence electrons. The van der Waals surface area contributed by atoms with Crippen LogP contribution < -0.4 is 5.32 Å². The number of amides is 1. The molecule has 7 nitrogen and oxygen atoms in total. The summed E-state index contributed by atoms with van der Waals surface area (Å²) < 4.78 is 1.30. The van der Waals surface area contributed by atoms with E-state index in [4.69, 9.17) is 0 Å². The molecule has 1 amide bonds. The van der Waals surface area contributed by atoms with Crippen molar-refractivity contribution in [2.75, 3.05) is 5.32 Å². The van der Waals surface area contributed by atoms with Crippen LogP contribution in [0, 0.1) is 0 Å². The highest BCUT2D eigenvalue weighted by atomic mass is 16.2. The van der Waals surface area contributed by atoms with Gasteiger partial charge in [0.1, 0.15) is 12.9 Å². The van der Waals surface area contributed by atoms with Gasteiger partial charge in [0.2, 0.25) is 5.91 Å². The maximum absolute atomic E-state index is 12.6. The lowest BCUT2D eigenvalue weighted by Crippen LogP contribution is -2.20. The zero-order valence-corrected chi connectivity index (χ0v) is 12.1. The molecule has 0 fully saturated rings. The minimum Gasteiger partial charge on any atom is -0.324 e. The predicted octanol–water partition coefficient (Wildman–Crippen LogP) is 1.54. The third kappa shape index (κ3) is 3.46. The van der Waals surface area contributed by atoms with Crippen LogP contribution in [0.2, 0.25) is 0 Å². The minimum absolute atomic E-state index is 0.0269. The van der Waals surface area contributed by atoms with Gasteiger partial charge >= 0.3 is 0 Å². The second-order valence-electron chi connectivity index (χ2n) is 4.80. The number of nitrogens with zero attached hydrogens (tertiary/aromatic N) is 4. The first-order valence-corrected chi connectivity index (χ1v) is 6.93. The summed E-state index contributed by atoms with van der Waals surface area (Å²) in [6, 6.07) is 15.8. The van der Waals surface area contributed by atoms with Crippen molar-refractivity contribution >= 4 is 17.4 Å². The third-order valence-corrected chi connectivity index (χ3v) is 3.18. The van der Waals surface area contributed by atoms with Crippen LogP contribution in [0.4, 0.5) is 5.69 Å². The number of carbonyl (C=O) groups excluding carboxylic acids is 2. The van der Waals surface area contributed by atoms with E-state index in [0.29, 0.717) is 16.8 Å². The first-order valence-electron chi connectivity index (χ1n) is 6.93. The van der Waals surface area contributed by atoms with E-state index in [0.717, 1.165) is 0 Å². The first kappa shape index (κ1) is 14.6. The standard InChI is InChI=1S/C16H13N5O2/c22-15(10-21-11-17-19-20-21)18-14-9-5-4-8-13(14)16(23)12-6-2-1-3-7-12/h1-9,11H,10H2,(H,18,22). The van der Waals surface area contributed by atoms with Crippen molar-refractivity contribution in [1.29, 1.82) is 0 Å². The van der Waals surface area contributed by atoms with Gasteiger partial charge in [-0.2, -0.15) is 0 Å². The van der Waals surface area contributed by atoms with E-state index in [-0.39, 0.29) is 18.2 Å². The lowest BCUT2D eigenvalue weighted by molar-refractivity contribution is -0.116. The molecule has 3 aromatic rings. The molecule has 3 rings (SSSR count). The molecule has 0 spiro atoms. The highest BCUT2D eigenvalue weighted by Crippen LogP contribution is 2.19. The van der Waals surface area contributed by atoms with Crippen LogP contribution in [0.1, 0.15) is 15.9 Å². The topological polar surface area (TPSA) is 89.8 Å². The van der Waals surface area contributed by atoms with Crippen LogP contribution in [0.3, 0.4) is 0 Å². The van der Waals surface area contributed by atoms with Crippen LogP contribution in [-0.2, 0) is 11.3 Å². The van der Waals surface area contributed by atoms with Gasteiger partial charge in [0.15, 0.2) is 5.78 Å². The Hall–Kier alpha value is -3.35. The summed E-state index contributed by atoms with van der Waals surface area (Å²) in [5.74, 6) is -0.463. The van der Waals surface area contributed by atoms with Crippen molar-refractivity contribution in [3.63, 3.8) is 0 Å². The average Bonchev–Trinajstić information content (AvgIpc) is 3.08. The summed E-state index contributed by atoms with van der Waals surface area (Å²) in [5.41, 5.74) is 1.46. The van der Waals surface area contributed by atoms with Gasteiger partial charge in [-0.05, 0) is 22.6 Å². The smallest absolute Gasteiger partial charge is 0.246 e. The summed E-state index contributed by atoms with van der Waals surface area (Å²) in [7, 11) is 0. The SMILES string of the molecule is O=C(Cn1cnnn1)Nc1ccccc1C(=O)c1ccccc1. The van der Waals surface area contributed by atoms with Crippen molar-refractivity contribution in [3.05, 3.63) is 72.1 Å². The summed E-state index contributed by atoms with van der Waals surface area (Å²) in [4.78, 5) is 24.6. The molecular weight excluding hydrogens is 294 g/mol. The summed E-state index contributed by atoms with van der Waals surface area (Å²) in [6.45, 7) is -0.0269. The molecule has 0 atom stereocenters. The maximum Gasteiger partial charge on any atom is 0.246 e. The van der Waals surface area contributed by atoms with Gasteiger partial charge in [-0.15, -0.1) is 5.10 Å². The van der Waals surface area contributed by atoms with Gasteiger partial charge in [0.25, 0.3) is 0 Å². The molecule has 0 saturated carbocycles. The number of para-hydroxylation sites is 1. The fourth-order valence-electron chi connectivity index (χ4n) is 2.12. The van der Waals surface area contributed by atoms with Gasteiger partial charge in [-0.25, -0.2) is 4.68 Å². The fourth-order valence-corrected chi connectivity index (χ4v) is 2.12. The molecule has 0 aliphatic heterocycles. The number of aromatic nitrogens is 4. The molecular formula is C16H13N5O2. The number of tetrazole rings is 1. The zero-order chi connectivity index (χ0) is 16.1. The summed E-state index contributed by atoms with van der Waals surface area (Å²) >= 11 is 0. The Labute approximate surface area is 131 Å². The second kappa shape index (κ2) is 6.61. The monoisotopic (exact) mass is 307 g/mol. The highest BCUT2D eigenvalue weighted by molar-refractivity contribution is 6.13. The molecule has 0 unspecified atom stereocenters. The van der Waals surface area contributed by atoms with Gasteiger partial charge in [-0.3, -0.25) is 9.59 Å². The van der Waals surface area contributed by atoms with Crippen LogP contribution in [0.5, 0.6) is 0 Å². The van der Waals surface area contributed by atoms with E-state index in [1.165, 1.54) is 11.0 Å². The molecule has 1 heterocycles. The van der Waals surface area contributed by atoms with Crippen LogP contribution in [0.25, 0.3) is 0 Å². The number of carbonyl (C=O) groups is 2. The minimum atomic E-state index is -0.314. The number of hydrogen-bond donors (Lipinski definition) is 1. The normalized spacial score (nSPS) is 10.3. The van der Waals surface area contributed by atoms with Crippen molar-refractivity contribution in [1.82, 2.24) is 20.2 Å². The van der Waals surface area contributed by atoms with Crippen LogP contribution >= 0.6 is 0 Å². The lowest BCUT2D eigenvalue weighted by Gasteiger charge is -2.10. The average molecular weight is 307 g/mol. The Bertz CT molecular complexity index is 816. The molecule has 0 bridgehead atoms. The number of benzene rings is 2. The van der Waals surface area contributed by atoms with E-state index in [1.54, 1.807) is 48.5 Å². The zero-order valence-electron chi connectivity index (χ0n) is 12.1. The van der Waals surface area contributed by atoms with Gasteiger partial charge in [-0.1, -0.05) is 42.5 Å². The summed E-state index contributed by atoms with van der Waals surface area (Å²) in [5, 5.41) is 13.3.